The summed E-state index contributed by atoms with van der Waals surface area (Å²) in [6.45, 7) is 5.44. The molecular weight excluding hydrogens is 330 g/mol. The highest BCUT2D eigenvalue weighted by atomic mass is 32.2. The Morgan fingerprint density at radius 1 is 1.33 bits per heavy atom. The molecule has 1 amide bonds. The van der Waals surface area contributed by atoms with E-state index in [-0.39, 0.29) is 12.1 Å². The van der Waals surface area contributed by atoms with Crippen LogP contribution in [0.25, 0.3) is 0 Å². The molecule has 7 nitrogen and oxygen atoms in total. The third-order valence-corrected chi connectivity index (χ3v) is 4.67. The summed E-state index contributed by atoms with van der Waals surface area (Å²) in [6, 6.07) is 6.59. The van der Waals surface area contributed by atoms with E-state index in [1.165, 1.54) is 0 Å². The van der Waals surface area contributed by atoms with Gasteiger partial charge in [0, 0.05) is 18.3 Å². The van der Waals surface area contributed by atoms with Gasteiger partial charge in [-0.3, -0.25) is 9.52 Å². The van der Waals surface area contributed by atoms with Gasteiger partial charge in [0.25, 0.3) is 0 Å². The second-order valence-corrected chi connectivity index (χ2v) is 7.89. The quantitative estimate of drug-likeness (QED) is 0.680. The molecular formula is C16H25N3O4S. The molecule has 1 aliphatic heterocycles. The van der Waals surface area contributed by atoms with Crippen molar-refractivity contribution in [1.29, 1.82) is 0 Å². The number of piperidine rings is 1. The van der Waals surface area contributed by atoms with Crippen LogP contribution in [0.2, 0.25) is 0 Å². The first kappa shape index (κ1) is 18.5. The number of amides is 1. The Kier molecular flexibility index (Phi) is 6.44. The molecule has 3 N–H and O–H groups in total. The minimum Gasteiger partial charge on any atom is -0.491 e. The zero-order valence-corrected chi connectivity index (χ0v) is 14.9. The summed E-state index contributed by atoms with van der Waals surface area (Å²) in [5, 5.41) is 5.92. The summed E-state index contributed by atoms with van der Waals surface area (Å²) >= 11 is 0. The van der Waals surface area contributed by atoms with Gasteiger partial charge in [-0.1, -0.05) is 0 Å². The number of ether oxygens (including phenoxy) is 1. The highest BCUT2D eigenvalue weighted by Crippen LogP contribution is 2.17. The van der Waals surface area contributed by atoms with E-state index in [0.29, 0.717) is 18.0 Å². The molecule has 1 saturated heterocycles. The van der Waals surface area contributed by atoms with Gasteiger partial charge >= 0.3 is 0 Å². The predicted molar refractivity (Wildman–Crippen MR) is 93.6 cm³/mol. The molecule has 134 valence electrons. The van der Waals surface area contributed by atoms with Gasteiger partial charge in [0.05, 0.1) is 6.10 Å². The van der Waals surface area contributed by atoms with E-state index >= 15 is 0 Å². The van der Waals surface area contributed by atoms with Gasteiger partial charge in [0.1, 0.15) is 11.5 Å². The molecule has 1 fully saturated rings. The average molecular weight is 355 g/mol. The lowest BCUT2D eigenvalue weighted by Gasteiger charge is -2.23. The molecule has 1 unspecified atom stereocenters. The maximum Gasteiger partial charge on any atom is 0.241 e. The van der Waals surface area contributed by atoms with Gasteiger partial charge in [0.2, 0.25) is 15.9 Å². The molecule has 1 heterocycles. The van der Waals surface area contributed by atoms with E-state index in [9.17, 15) is 13.2 Å². The number of hydrogen-bond donors (Lipinski definition) is 3. The molecule has 1 atom stereocenters. The van der Waals surface area contributed by atoms with Crippen LogP contribution in [-0.4, -0.2) is 45.3 Å². The zero-order chi connectivity index (χ0) is 17.6. The maximum absolute atomic E-state index is 12.1. The van der Waals surface area contributed by atoms with E-state index in [2.05, 4.69) is 15.4 Å². The molecule has 0 bridgehead atoms. The SMILES string of the molecule is CC(C)Oc1ccc(NS(=O)(=O)CC(=O)NC2CCCNC2)cc1. The number of carbonyl (C=O) groups is 1. The maximum atomic E-state index is 12.1. The summed E-state index contributed by atoms with van der Waals surface area (Å²) in [7, 11) is -3.74. The highest BCUT2D eigenvalue weighted by Gasteiger charge is 2.20. The fraction of sp³-hybridized carbons (Fsp3) is 0.562. The van der Waals surface area contributed by atoms with E-state index in [4.69, 9.17) is 4.74 Å². The topological polar surface area (TPSA) is 96.5 Å². The van der Waals surface area contributed by atoms with Crippen LogP contribution in [-0.2, 0) is 14.8 Å². The van der Waals surface area contributed by atoms with Crippen molar-refractivity contribution in [1.82, 2.24) is 10.6 Å². The lowest BCUT2D eigenvalue weighted by Crippen LogP contribution is -2.47. The van der Waals surface area contributed by atoms with Crippen molar-refractivity contribution in [2.75, 3.05) is 23.6 Å². The molecule has 24 heavy (non-hydrogen) atoms. The Morgan fingerprint density at radius 3 is 2.62 bits per heavy atom. The first-order valence-electron chi connectivity index (χ1n) is 8.11. The number of hydrogen-bond acceptors (Lipinski definition) is 5. The fourth-order valence-corrected chi connectivity index (χ4v) is 3.50. The number of benzene rings is 1. The van der Waals surface area contributed by atoms with Gasteiger partial charge in [-0.25, -0.2) is 8.42 Å². The van der Waals surface area contributed by atoms with Crippen molar-refractivity contribution >= 4 is 21.6 Å². The smallest absolute Gasteiger partial charge is 0.241 e. The molecule has 0 saturated carbocycles. The Hall–Kier alpha value is -1.80. The highest BCUT2D eigenvalue weighted by molar-refractivity contribution is 7.93. The van der Waals surface area contributed by atoms with Crippen molar-refractivity contribution < 1.29 is 17.9 Å². The molecule has 1 aromatic rings. The first-order chi connectivity index (χ1) is 11.3. The van der Waals surface area contributed by atoms with Crippen LogP contribution in [0.5, 0.6) is 5.75 Å². The largest absolute Gasteiger partial charge is 0.491 e. The second-order valence-electron chi connectivity index (χ2n) is 6.16. The van der Waals surface area contributed by atoms with Crippen LogP contribution >= 0.6 is 0 Å². The number of sulfonamides is 1. The lowest BCUT2D eigenvalue weighted by molar-refractivity contribution is -0.119. The van der Waals surface area contributed by atoms with Crippen LogP contribution in [0, 0.1) is 0 Å². The molecule has 8 heteroatoms. The molecule has 0 spiro atoms. The molecule has 1 aromatic carbocycles. The summed E-state index contributed by atoms with van der Waals surface area (Å²) in [4.78, 5) is 11.9. The van der Waals surface area contributed by atoms with Gasteiger partial charge < -0.3 is 15.4 Å². The standard InChI is InChI=1S/C16H25N3O4S/c1-12(2)23-15-7-5-13(6-8-15)19-24(21,22)11-16(20)18-14-4-3-9-17-10-14/h5-8,12,14,17,19H,3-4,9-11H2,1-2H3,(H,18,20). The molecule has 0 aromatic heterocycles. The second kappa shape index (κ2) is 8.34. The van der Waals surface area contributed by atoms with Crippen LogP contribution in [0.15, 0.2) is 24.3 Å². The van der Waals surface area contributed by atoms with Crippen LogP contribution < -0.4 is 20.1 Å². The van der Waals surface area contributed by atoms with Crippen molar-refractivity contribution in [3.63, 3.8) is 0 Å². The Balaban J connectivity index is 1.86. The summed E-state index contributed by atoms with van der Waals surface area (Å²) < 4.78 is 32.1. The van der Waals surface area contributed by atoms with Gasteiger partial charge in [-0.2, -0.15) is 0 Å². The van der Waals surface area contributed by atoms with Gasteiger partial charge in [-0.05, 0) is 57.5 Å². The minimum absolute atomic E-state index is 0.00563. The van der Waals surface area contributed by atoms with Crippen molar-refractivity contribution in [2.24, 2.45) is 0 Å². The predicted octanol–water partition coefficient (Wildman–Crippen LogP) is 1.08. The summed E-state index contributed by atoms with van der Waals surface area (Å²) in [6.07, 6.45) is 1.88. The zero-order valence-electron chi connectivity index (χ0n) is 14.0. The van der Waals surface area contributed by atoms with Crippen LogP contribution in [0.1, 0.15) is 26.7 Å². The summed E-state index contributed by atoms with van der Waals surface area (Å²) in [5.41, 5.74) is 0.401. The van der Waals surface area contributed by atoms with Crippen molar-refractivity contribution in [3.8, 4) is 5.75 Å². The Bertz CT molecular complexity index is 638. The fourth-order valence-electron chi connectivity index (χ4n) is 2.51. The Labute approximate surface area is 143 Å². The number of carbonyl (C=O) groups excluding carboxylic acids is 1. The third-order valence-electron chi connectivity index (χ3n) is 3.48. The van der Waals surface area contributed by atoms with Crippen molar-refractivity contribution in [2.45, 2.75) is 38.8 Å². The molecule has 0 radical (unpaired) electrons. The number of nitrogens with one attached hydrogen (secondary N) is 3. The van der Waals surface area contributed by atoms with Gasteiger partial charge in [-0.15, -0.1) is 0 Å². The lowest BCUT2D eigenvalue weighted by atomic mass is 10.1. The van der Waals surface area contributed by atoms with Crippen LogP contribution in [0.4, 0.5) is 5.69 Å². The molecule has 2 rings (SSSR count). The van der Waals surface area contributed by atoms with Gasteiger partial charge in [0.15, 0.2) is 0 Å². The van der Waals surface area contributed by atoms with E-state index < -0.39 is 21.7 Å². The monoisotopic (exact) mass is 355 g/mol. The number of anilines is 1. The molecule has 1 aliphatic rings. The van der Waals surface area contributed by atoms with Crippen molar-refractivity contribution in [3.05, 3.63) is 24.3 Å². The van der Waals surface area contributed by atoms with Crippen LogP contribution in [0.3, 0.4) is 0 Å². The van der Waals surface area contributed by atoms with E-state index in [0.717, 1.165) is 19.4 Å². The number of rotatable bonds is 7. The average Bonchev–Trinajstić information content (AvgIpc) is 2.48. The minimum atomic E-state index is -3.74. The Morgan fingerprint density at radius 2 is 2.04 bits per heavy atom. The first-order valence-corrected chi connectivity index (χ1v) is 9.76. The molecule has 0 aliphatic carbocycles. The van der Waals surface area contributed by atoms with E-state index in [1.807, 2.05) is 13.8 Å². The van der Waals surface area contributed by atoms with E-state index in [1.54, 1.807) is 24.3 Å². The third kappa shape index (κ3) is 6.37. The summed E-state index contributed by atoms with van der Waals surface area (Å²) in [5.74, 6) is -0.417. The normalized spacial score (nSPS) is 18.2.